The summed E-state index contributed by atoms with van der Waals surface area (Å²) < 4.78 is 0. The molecule has 0 aliphatic rings. The third-order valence-electron chi connectivity index (χ3n) is 0.882. The van der Waals surface area contributed by atoms with Crippen molar-refractivity contribution in [1.82, 2.24) is 0 Å². The predicted molar refractivity (Wildman–Crippen MR) is 29.8 cm³/mol. The van der Waals surface area contributed by atoms with Crippen LogP contribution >= 0.6 is 0 Å². The normalized spacial score (nSPS) is 6.78. The fourth-order valence-electron chi connectivity index (χ4n) is 0.447. The molecule has 0 saturated carbocycles. The maximum Gasteiger partial charge on any atom is 2.00 e. The van der Waals surface area contributed by atoms with E-state index >= 15 is 0 Å². The monoisotopic (exact) mass is 194 g/mol. The number of carbonyl (C=O) groups excluding carboxylic acids is 1. The van der Waals surface area contributed by atoms with Gasteiger partial charge in [0, 0.05) is 0 Å². The Labute approximate surface area is 110 Å². The topological polar surface area (TPSA) is 17.1 Å². The molecule has 0 unspecified atom stereocenters. The first-order chi connectivity index (χ1) is 3.41. The van der Waals surface area contributed by atoms with Gasteiger partial charge in [-0.05, 0) is 0 Å². The van der Waals surface area contributed by atoms with Crippen LogP contribution < -0.4 is 51.4 Å². The average Bonchev–Trinajstić information content (AvgIpc) is 1.69. The van der Waals surface area contributed by atoms with E-state index in [4.69, 9.17) is 0 Å². The molecular formula is C6H11FeKO+2. The first kappa shape index (κ1) is 17.1. The van der Waals surface area contributed by atoms with Crippen LogP contribution in [0.15, 0.2) is 0 Å². The van der Waals surface area contributed by atoms with Crippen molar-refractivity contribution >= 4 is 6.29 Å². The van der Waals surface area contributed by atoms with Crippen molar-refractivity contribution in [2.75, 3.05) is 0 Å². The summed E-state index contributed by atoms with van der Waals surface area (Å²) in [6, 6.07) is 0. The van der Waals surface area contributed by atoms with Crippen LogP contribution in [0.3, 0.4) is 0 Å². The zero-order valence-corrected chi connectivity index (χ0v) is 10.3. The van der Waals surface area contributed by atoms with E-state index in [-0.39, 0.29) is 68.5 Å². The third kappa shape index (κ3) is 17.7. The maximum absolute atomic E-state index is 9.55. The van der Waals surface area contributed by atoms with Crippen LogP contribution in [-0.4, -0.2) is 6.29 Å². The van der Waals surface area contributed by atoms with Gasteiger partial charge in [0.2, 0.25) is 0 Å². The van der Waals surface area contributed by atoms with Gasteiger partial charge >= 0.3 is 68.5 Å². The van der Waals surface area contributed by atoms with Gasteiger partial charge in [0.25, 0.3) is 0 Å². The second-order valence-electron chi connectivity index (χ2n) is 1.60. The zero-order chi connectivity index (χ0) is 5.54. The summed E-state index contributed by atoms with van der Waals surface area (Å²) in [5.41, 5.74) is 0. The molecule has 0 fully saturated rings. The second kappa shape index (κ2) is 16.4. The third-order valence-corrected chi connectivity index (χ3v) is 0.882. The van der Waals surface area contributed by atoms with Crippen molar-refractivity contribution in [3.05, 3.63) is 0 Å². The van der Waals surface area contributed by atoms with Crippen LogP contribution in [0.1, 0.15) is 32.6 Å². The van der Waals surface area contributed by atoms with Crippen molar-refractivity contribution in [1.29, 1.82) is 0 Å². The van der Waals surface area contributed by atoms with Crippen LogP contribution in [-0.2, 0) is 21.9 Å². The Balaban J connectivity index is -0.000000180. The Morgan fingerprint density at radius 1 is 1.33 bits per heavy atom. The van der Waals surface area contributed by atoms with Crippen molar-refractivity contribution in [3.8, 4) is 0 Å². The van der Waals surface area contributed by atoms with Crippen LogP contribution in [0.25, 0.3) is 0 Å². The van der Waals surface area contributed by atoms with Gasteiger partial charge in [-0.2, -0.15) is 6.42 Å². The molecule has 0 saturated heterocycles. The molecule has 0 amide bonds. The summed E-state index contributed by atoms with van der Waals surface area (Å²) in [7, 11) is 0. The Morgan fingerprint density at radius 2 is 1.89 bits per heavy atom. The summed E-state index contributed by atoms with van der Waals surface area (Å²) in [5, 5.41) is 0. The van der Waals surface area contributed by atoms with E-state index in [1.165, 1.54) is 6.42 Å². The molecule has 0 rings (SSSR count). The maximum atomic E-state index is 9.55. The standard InChI is InChI=1S/C6H11O.Fe.K/c1-2-3-4-5-6-7;;/h2-5H2,1H3;;/q-1;+2;+1. The summed E-state index contributed by atoms with van der Waals surface area (Å²) in [4.78, 5) is 9.55. The van der Waals surface area contributed by atoms with Crippen LogP contribution in [0.5, 0.6) is 0 Å². The van der Waals surface area contributed by atoms with Gasteiger partial charge in [-0.1, -0.05) is 26.2 Å². The molecule has 0 aromatic rings. The van der Waals surface area contributed by atoms with Crippen LogP contribution in [0.2, 0.25) is 0 Å². The van der Waals surface area contributed by atoms with Gasteiger partial charge < -0.3 is 4.79 Å². The van der Waals surface area contributed by atoms with E-state index in [9.17, 15) is 4.79 Å². The Kier molecular flexibility index (Phi) is 31.2. The van der Waals surface area contributed by atoms with Gasteiger partial charge in [0.1, 0.15) is 0 Å². The Morgan fingerprint density at radius 3 is 2.22 bits per heavy atom. The Hall–Kier alpha value is 1.83. The van der Waals surface area contributed by atoms with Gasteiger partial charge in [-0.3, -0.25) is 6.29 Å². The molecule has 0 bridgehead atoms. The van der Waals surface area contributed by atoms with E-state index < -0.39 is 0 Å². The molecule has 0 N–H and O–H groups in total. The number of unbranched alkanes of at least 4 members (excludes halogenated alkanes) is 3. The minimum atomic E-state index is 0. The molecule has 0 radical (unpaired) electrons. The molecule has 0 heterocycles. The minimum absolute atomic E-state index is 0. The van der Waals surface area contributed by atoms with E-state index in [0.29, 0.717) is 6.42 Å². The van der Waals surface area contributed by atoms with Crippen molar-refractivity contribution in [2.45, 2.75) is 32.6 Å². The van der Waals surface area contributed by atoms with E-state index in [1.54, 1.807) is 0 Å². The molecule has 0 aliphatic heterocycles. The number of hydrogen-bond donors (Lipinski definition) is 0. The van der Waals surface area contributed by atoms with Gasteiger partial charge in [0.05, 0.1) is 0 Å². The van der Waals surface area contributed by atoms with Crippen molar-refractivity contribution in [2.24, 2.45) is 0 Å². The molecule has 0 aliphatic carbocycles. The van der Waals surface area contributed by atoms with Crippen molar-refractivity contribution in [3.63, 3.8) is 0 Å². The first-order valence-corrected chi connectivity index (χ1v) is 2.76. The van der Waals surface area contributed by atoms with E-state index in [2.05, 4.69) is 6.92 Å². The first-order valence-electron chi connectivity index (χ1n) is 2.76. The molecule has 9 heavy (non-hydrogen) atoms. The quantitative estimate of drug-likeness (QED) is 0.308. The fraction of sp³-hybridized carbons (Fsp3) is 0.833. The smallest absolute Gasteiger partial charge is 0.542 e. The molecule has 0 aromatic carbocycles. The predicted octanol–water partition coefficient (Wildman–Crippen LogP) is -1.32. The Bertz CT molecular complexity index is 50.3. The molecule has 48 valence electrons. The molecule has 1 nitrogen and oxygen atoms in total. The van der Waals surface area contributed by atoms with Gasteiger partial charge in [0.15, 0.2) is 0 Å². The summed E-state index contributed by atoms with van der Waals surface area (Å²) in [6.45, 7) is 2.12. The summed E-state index contributed by atoms with van der Waals surface area (Å²) in [5.74, 6) is 0. The number of rotatable bonds is 4. The van der Waals surface area contributed by atoms with E-state index in [0.717, 1.165) is 12.8 Å². The van der Waals surface area contributed by atoms with Gasteiger partial charge in [-0.15, -0.1) is 0 Å². The SMILES string of the molecule is CCCCC[C-]=O.[Fe+2].[K+]. The average molecular weight is 194 g/mol. The molecular weight excluding hydrogens is 183 g/mol. The molecule has 0 aromatic heterocycles. The van der Waals surface area contributed by atoms with Crippen LogP contribution in [0, 0.1) is 0 Å². The molecule has 0 atom stereocenters. The van der Waals surface area contributed by atoms with E-state index in [1.807, 2.05) is 6.29 Å². The fourth-order valence-corrected chi connectivity index (χ4v) is 0.447. The summed E-state index contributed by atoms with van der Waals surface area (Å²) in [6.07, 6.45) is 5.83. The number of hydrogen-bond acceptors (Lipinski definition) is 1. The van der Waals surface area contributed by atoms with Crippen molar-refractivity contribution < 1.29 is 73.2 Å². The van der Waals surface area contributed by atoms with Crippen LogP contribution in [0.4, 0.5) is 0 Å². The van der Waals surface area contributed by atoms with Gasteiger partial charge in [-0.25, -0.2) is 0 Å². The largest absolute Gasteiger partial charge is 2.00 e. The molecule has 3 heteroatoms. The summed E-state index contributed by atoms with van der Waals surface area (Å²) >= 11 is 0. The molecule has 0 spiro atoms. The minimum Gasteiger partial charge on any atom is -0.542 e. The zero-order valence-electron chi connectivity index (χ0n) is 6.09. The second-order valence-corrected chi connectivity index (χ2v) is 1.60.